The molecule has 36 heavy (non-hydrogen) atoms. The van der Waals surface area contributed by atoms with Gasteiger partial charge in [-0.05, 0) is 43.7 Å². The Morgan fingerprint density at radius 2 is 1.92 bits per heavy atom. The van der Waals surface area contributed by atoms with E-state index in [0.717, 1.165) is 17.5 Å². The minimum absolute atomic E-state index is 0.0657. The molecule has 0 spiro atoms. The van der Waals surface area contributed by atoms with Crippen LogP contribution < -0.4 is 9.64 Å². The second-order valence-corrected chi connectivity index (χ2v) is 9.48. The molecule has 2 aromatic heterocycles. The Hall–Kier alpha value is -3.43. The highest BCUT2D eigenvalue weighted by molar-refractivity contribution is 6.00. The van der Waals surface area contributed by atoms with Gasteiger partial charge in [0.2, 0.25) is 12.2 Å². The van der Waals surface area contributed by atoms with E-state index in [2.05, 4.69) is 11.9 Å². The largest absolute Gasteiger partial charge is 0.474 e. The number of rotatable bonds is 9. The summed E-state index contributed by atoms with van der Waals surface area (Å²) in [5.41, 5.74) is 2.20. The average molecular weight is 492 g/mol. The Labute approximate surface area is 211 Å². The van der Waals surface area contributed by atoms with Gasteiger partial charge in [-0.2, -0.15) is 0 Å². The van der Waals surface area contributed by atoms with Crippen LogP contribution in [-0.4, -0.2) is 67.7 Å². The first-order valence-electron chi connectivity index (χ1n) is 12.7. The van der Waals surface area contributed by atoms with Gasteiger partial charge in [0.15, 0.2) is 11.5 Å². The van der Waals surface area contributed by atoms with Gasteiger partial charge in [-0.25, -0.2) is 9.97 Å². The van der Waals surface area contributed by atoms with Crippen molar-refractivity contribution in [3.05, 3.63) is 59.9 Å². The molecular weight excluding hydrogens is 458 g/mol. The third kappa shape index (κ3) is 4.44. The lowest BCUT2D eigenvalue weighted by molar-refractivity contribution is -0.00103. The topological polar surface area (TPSA) is 104 Å². The molecule has 1 aliphatic carbocycles. The number of pyridine rings is 1. The zero-order valence-corrected chi connectivity index (χ0v) is 20.7. The normalized spacial score (nSPS) is 21.3. The quantitative estimate of drug-likeness (QED) is 0.474. The van der Waals surface area contributed by atoms with Crippen molar-refractivity contribution in [2.75, 3.05) is 24.6 Å². The molecule has 5 rings (SSSR count). The lowest BCUT2D eigenvalue weighted by atomic mass is 9.84. The van der Waals surface area contributed by atoms with Crippen molar-refractivity contribution in [1.29, 1.82) is 0 Å². The molecule has 9 nitrogen and oxygen atoms in total. The van der Waals surface area contributed by atoms with Crippen molar-refractivity contribution in [1.82, 2.24) is 19.4 Å². The molecular formula is C27H33N5O4. The fraction of sp³-hybridized carbons (Fsp3) is 0.444. The van der Waals surface area contributed by atoms with E-state index >= 15 is 0 Å². The Kier molecular flexibility index (Phi) is 6.93. The standard InChI is InChI=1S/C27H33N5O4/c1-3-30-25-23(26(34)31(27(30)35)14-7-15-33)32(17-19-8-5-4-6-9-19)24(29-25)20-11-13-22(28-16-20)36-21-12-10-18(21)2/h4-6,8-9,11,13,16,18,21,27,33,35H,3,7,10,12,14-15,17H2,1-2H3. The Morgan fingerprint density at radius 3 is 2.53 bits per heavy atom. The second kappa shape index (κ2) is 10.3. The molecule has 2 aliphatic rings. The van der Waals surface area contributed by atoms with Crippen molar-refractivity contribution in [2.45, 2.75) is 52.1 Å². The van der Waals surface area contributed by atoms with Gasteiger partial charge in [0.25, 0.3) is 5.91 Å². The molecule has 190 valence electrons. The molecule has 9 heteroatoms. The van der Waals surface area contributed by atoms with Gasteiger partial charge in [-0.1, -0.05) is 37.3 Å². The maximum absolute atomic E-state index is 13.7. The number of carbonyl (C=O) groups is 1. The summed E-state index contributed by atoms with van der Waals surface area (Å²) in [5.74, 6) is 1.86. The summed E-state index contributed by atoms with van der Waals surface area (Å²) in [5, 5.41) is 20.3. The molecule has 3 aromatic rings. The highest BCUT2D eigenvalue weighted by Gasteiger charge is 2.40. The van der Waals surface area contributed by atoms with Crippen molar-refractivity contribution in [2.24, 2.45) is 5.92 Å². The predicted octanol–water partition coefficient (Wildman–Crippen LogP) is 3.11. The van der Waals surface area contributed by atoms with Gasteiger partial charge < -0.3 is 24.4 Å². The average Bonchev–Trinajstić information content (AvgIpc) is 3.26. The monoisotopic (exact) mass is 491 g/mol. The smallest absolute Gasteiger partial charge is 0.277 e. The Morgan fingerprint density at radius 1 is 1.11 bits per heavy atom. The molecule has 1 saturated carbocycles. The van der Waals surface area contributed by atoms with Crippen molar-refractivity contribution in [3.8, 4) is 17.3 Å². The summed E-state index contributed by atoms with van der Waals surface area (Å²) < 4.78 is 7.92. The van der Waals surface area contributed by atoms with E-state index in [9.17, 15) is 15.0 Å². The van der Waals surface area contributed by atoms with Crippen LogP contribution in [0.5, 0.6) is 5.88 Å². The first kappa shape index (κ1) is 24.3. The number of amides is 1. The van der Waals surface area contributed by atoms with Gasteiger partial charge in [-0.15, -0.1) is 0 Å². The zero-order chi connectivity index (χ0) is 25.2. The third-order valence-corrected chi connectivity index (χ3v) is 7.13. The van der Waals surface area contributed by atoms with Gasteiger partial charge in [0.1, 0.15) is 11.9 Å². The number of hydrogen-bond acceptors (Lipinski definition) is 7. The van der Waals surface area contributed by atoms with Crippen molar-refractivity contribution < 1.29 is 19.7 Å². The van der Waals surface area contributed by atoms with Gasteiger partial charge >= 0.3 is 0 Å². The summed E-state index contributed by atoms with van der Waals surface area (Å²) in [6, 6.07) is 13.7. The molecule has 0 radical (unpaired) electrons. The highest BCUT2D eigenvalue weighted by atomic mass is 16.5. The van der Waals surface area contributed by atoms with Crippen LogP contribution in [-0.2, 0) is 6.54 Å². The molecule has 1 amide bonds. The fourth-order valence-corrected chi connectivity index (χ4v) is 4.83. The van der Waals surface area contributed by atoms with E-state index in [1.165, 1.54) is 11.3 Å². The van der Waals surface area contributed by atoms with Crippen LogP contribution in [0.2, 0.25) is 0 Å². The number of nitrogens with zero attached hydrogens (tertiary/aromatic N) is 5. The van der Waals surface area contributed by atoms with E-state index in [1.807, 2.05) is 54.0 Å². The molecule has 0 saturated heterocycles. The summed E-state index contributed by atoms with van der Waals surface area (Å²) in [6.45, 7) is 5.17. The number of anilines is 1. The fourth-order valence-electron chi connectivity index (χ4n) is 4.83. The van der Waals surface area contributed by atoms with Crippen molar-refractivity contribution >= 4 is 11.7 Å². The maximum atomic E-state index is 13.7. The number of hydrogen-bond donors (Lipinski definition) is 2. The van der Waals surface area contributed by atoms with E-state index in [-0.39, 0.29) is 25.2 Å². The van der Waals surface area contributed by atoms with E-state index < -0.39 is 6.35 Å². The molecule has 3 atom stereocenters. The summed E-state index contributed by atoms with van der Waals surface area (Å²) in [7, 11) is 0. The first-order valence-corrected chi connectivity index (χ1v) is 12.7. The predicted molar refractivity (Wildman–Crippen MR) is 136 cm³/mol. The van der Waals surface area contributed by atoms with Crippen LogP contribution >= 0.6 is 0 Å². The third-order valence-electron chi connectivity index (χ3n) is 7.13. The number of aromatic nitrogens is 3. The first-order chi connectivity index (χ1) is 17.5. The molecule has 0 bridgehead atoms. The van der Waals surface area contributed by atoms with E-state index in [4.69, 9.17) is 9.72 Å². The molecule has 2 N–H and O–H groups in total. The lowest BCUT2D eigenvalue weighted by Gasteiger charge is -2.40. The molecule has 3 heterocycles. The summed E-state index contributed by atoms with van der Waals surface area (Å²) in [4.78, 5) is 26.2. The van der Waals surface area contributed by atoms with Gasteiger partial charge in [0, 0.05) is 44.1 Å². The van der Waals surface area contributed by atoms with E-state index in [1.54, 1.807) is 11.1 Å². The van der Waals surface area contributed by atoms with E-state index in [0.29, 0.717) is 48.6 Å². The van der Waals surface area contributed by atoms with Crippen LogP contribution in [0.1, 0.15) is 49.2 Å². The Balaban J connectivity index is 1.56. The zero-order valence-electron chi connectivity index (χ0n) is 20.7. The minimum Gasteiger partial charge on any atom is -0.474 e. The summed E-state index contributed by atoms with van der Waals surface area (Å²) in [6.07, 6.45) is 3.39. The van der Waals surface area contributed by atoms with Crippen LogP contribution in [0.3, 0.4) is 0 Å². The van der Waals surface area contributed by atoms with Crippen LogP contribution in [0.15, 0.2) is 48.7 Å². The number of carbonyl (C=O) groups excluding carboxylic acids is 1. The number of ether oxygens (including phenoxy) is 1. The van der Waals surface area contributed by atoms with Crippen LogP contribution in [0.4, 0.5) is 5.82 Å². The van der Waals surface area contributed by atoms with Crippen LogP contribution in [0.25, 0.3) is 11.4 Å². The molecule has 3 unspecified atom stereocenters. The Bertz CT molecular complexity index is 1200. The number of imidazole rings is 1. The van der Waals surface area contributed by atoms with Crippen LogP contribution in [0, 0.1) is 5.92 Å². The number of aliphatic hydroxyl groups is 2. The number of fused-ring (bicyclic) bond motifs is 1. The lowest BCUT2D eigenvalue weighted by Crippen LogP contribution is -2.56. The summed E-state index contributed by atoms with van der Waals surface area (Å²) >= 11 is 0. The number of aliphatic hydroxyl groups excluding tert-OH is 2. The maximum Gasteiger partial charge on any atom is 0.277 e. The molecule has 1 aliphatic heterocycles. The SMILES string of the molecule is CCN1c2nc(-c3ccc(OC4CCC4C)nc3)n(Cc3ccccc3)c2C(=O)N(CCCO)C1O. The molecule has 1 aromatic carbocycles. The number of benzene rings is 1. The highest BCUT2D eigenvalue weighted by Crippen LogP contribution is 2.36. The van der Waals surface area contributed by atoms with Gasteiger partial charge in [-0.3, -0.25) is 9.69 Å². The van der Waals surface area contributed by atoms with Gasteiger partial charge in [0.05, 0.1) is 0 Å². The molecule has 1 fully saturated rings. The minimum atomic E-state index is -1.15. The van der Waals surface area contributed by atoms with Crippen molar-refractivity contribution in [3.63, 3.8) is 0 Å². The second-order valence-electron chi connectivity index (χ2n) is 9.48.